The number of nitrogens with zero attached hydrogens (tertiary/aromatic N) is 1. The van der Waals surface area contributed by atoms with Crippen molar-refractivity contribution in [3.05, 3.63) is 70.3 Å². The maximum Gasteiger partial charge on any atom is 0.132 e. The van der Waals surface area contributed by atoms with Crippen molar-refractivity contribution in [2.45, 2.75) is 31.6 Å². The minimum absolute atomic E-state index is 0.115. The van der Waals surface area contributed by atoms with Gasteiger partial charge >= 0.3 is 0 Å². The molecule has 0 radical (unpaired) electrons. The van der Waals surface area contributed by atoms with Gasteiger partial charge < -0.3 is 9.87 Å². The average Bonchev–Trinajstić information content (AvgIpc) is 2.98. The van der Waals surface area contributed by atoms with Crippen LogP contribution >= 0.6 is 0 Å². The first-order valence-corrected chi connectivity index (χ1v) is 10.6. The number of halogens is 1. The molecule has 134 valence electrons. The van der Waals surface area contributed by atoms with Gasteiger partial charge in [-0.3, -0.25) is 0 Å². The smallest absolute Gasteiger partial charge is 0.132 e. The van der Waals surface area contributed by atoms with E-state index in [9.17, 15) is 8.94 Å². The van der Waals surface area contributed by atoms with Crippen molar-refractivity contribution in [3.8, 4) is 6.07 Å². The third-order valence-corrected chi connectivity index (χ3v) is 6.48. The van der Waals surface area contributed by atoms with Crippen molar-refractivity contribution in [2.24, 2.45) is 5.41 Å². The number of nitriles is 1. The third kappa shape index (κ3) is 2.69. The van der Waals surface area contributed by atoms with Crippen LogP contribution in [0.2, 0.25) is 0 Å². The van der Waals surface area contributed by atoms with E-state index in [0.717, 1.165) is 41.7 Å². The monoisotopic (exact) mass is 368 g/mol. The molecule has 3 aliphatic rings. The minimum Gasteiger partial charge on any atom is -0.616 e. The maximum atomic E-state index is 13.9. The van der Waals surface area contributed by atoms with Crippen LogP contribution in [0.3, 0.4) is 0 Å². The number of rotatable bonds is 4. The van der Waals surface area contributed by atoms with E-state index in [0.29, 0.717) is 12.2 Å². The molecule has 0 bridgehead atoms. The van der Waals surface area contributed by atoms with Gasteiger partial charge in [0.05, 0.1) is 12.3 Å². The molecule has 4 rings (SSSR count). The minimum atomic E-state index is -0.926. The molecule has 0 aromatic heterocycles. The zero-order valence-corrected chi connectivity index (χ0v) is 15.5. The molecule has 0 saturated carbocycles. The largest absolute Gasteiger partial charge is 0.616 e. The second kappa shape index (κ2) is 6.61. The summed E-state index contributed by atoms with van der Waals surface area (Å²) in [6.45, 7) is 0. The Balaban J connectivity index is 1.84. The topological polar surface area (TPSA) is 58.9 Å². The average molecular weight is 368 g/mol. The van der Waals surface area contributed by atoms with E-state index in [1.807, 2.05) is 6.07 Å². The first-order valence-electron chi connectivity index (χ1n) is 8.88. The van der Waals surface area contributed by atoms with E-state index in [4.69, 9.17) is 5.26 Å². The van der Waals surface area contributed by atoms with Crippen molar-refractivity contribution in [3.63, 3.8) is 0 Å². The van der Waals surface area contributed by atoms with Crippen LogP contribution in [0.15, 0.2) is 53.4 Å². The van der Waals surface area contributed by atoms with Crippen molar-refractivity contribution in [2.75, 3.05) is 12.0 Å². The molecule has 1 aromatic carbocycles. The number of benzene rings is 1. The molecule has 3 nitrogen and oxygen atoms in total. The van der Waals surface area contributed by atoms with Gasteiger partial charge in [0, 0.05) is 35.2 Å². The number of fused-ring (bicyclic) bond motifs is 1. The Kier molecular flexibility index (Phi) is 4.42. The zero-order valence-electron chi connectivity index (χ0n) is 14.7. The van der Waals surface area contributed by atoms with Crippen molar-refractivity contribution >= 4 is 11.2 Å². The summed E-state index contributed by atoms with van der Waals surface area (Å²) in [5.41, 5.74) is 5.41. The molecule has 1 aliphatic heterocycles. The SMILES string of the molecule is C[S+]([O-])CC1=C2NC=C3C(CCC#N)c4ccc(F)cc4CC32CC=C1. The van der Waals surface area contributed by atoms with Gasteiger partial charge in [0.1, 0.15) is 11.6 Å². The molecule has 1 aromatic rings. The predicted octanol–water partition coefficient (Wildman–Crippen LogP) is 3.84. The molecule has 1 N–H and O–H groups in total. The van der Waals surface area contributed by atoms with E-state index in [1.54, 1.807) is 12.3 Å². The maximum absolute atomic E-state index is 13.9. The van der Waals surface area contributed by atoms with Gasteiger partial charge in [-0.05, 0) is 48.1 Å². The summed E-state index contributed by atoms with van der Waals surface area (Å²) in [6.07, 6.45) is 10.8. The molecular weight excluding hydrogens is 347 g/mol. The Bertz CT molecular complexity index is 880. The van der Waals surface area contributed by atoms with E-state index in [-0.39, 0.29) is 17.2 Å². The summed E-state index contributed by atoms with van der Waals surface area (Å²) >= 11 is -0.926. The second-order valence-corrected chi connectivity index (χ2v) is 8.75. The summed E-state index contributed by atoms with van der Waals surface area (Å²) in [6, 6.07) is 7.29. The summed E-state index contributed by atoms with van der Waals surface area (Å²) in [4.78, 5) is 0. The summed E-state index contributed by atoms with van der Waals surface area (Å²) in [7, 11) is 0. The Morgan fingerprint density at radius 3 is 3.08 bits per heavy atom. The highest BCUT2D eigenvalue weighted by molar-refractivity contribution is 7.90. The van der Waals surface area contributed by atoms with Crippen LogP contribution in [-0.4, -0.2) is 16.6 Å². The van der Waals surface area contributed by atoms with Gasteiger partial charge in [-0.1, -0.05) is 29.4 Å². The molecule has 3 atom stereocenters. The highest BCUT2D eigenvalue weighted by Gasteiger charge is 2.50. The fraction of sp³-hybridized carbons (Fsp3) is 0.381. The number of hydrogen-bond donors (Lipinski definition) is 1. The Morgan fingerprint density at radius 1 is 1.46 bits per heavy atom. The zero-order chi connectivity index (χ0) is 18.3. The lowest BCUT2D eigenvalue weighted by atomic mass is 9.59. The first-order chi connectivity index (χ1) is 12.5. The fourth-order valence-electron chi connectivity index (χ4n) is 4.79. The predicted molar refractivity (Wildman–Crippen MR) is 101 cm³/mol. The van der Waals surface area contributed by atoms with Gasteiger partial charge in [-0.2, -0.15) is 5.26 Å². The number of nitrogens with one attached hydrogen (secondary N) is 1. The van der Waals surface area contributed by atoms with Gasteiger partial charge in [0.25, 0.3) is 0 Å². The lowest BCUT2D eigenvalue weighted by Gasteiger charge is -2.43. The molecule has 2 aliphatic carbocycles. The van der Waals surface area contributed by atoms with Gasteiger partial charge in [0.15, 0.2) is 0 Å². The third-order valence-electron chi connectivity index (χ3n) is 5.76. The molecule has 1 heterocycles. The van der Waals surface area contributed by atoms with Crippen molar-refractivity contribution in [1.29, 1.82) is 5.26 Å². The summed E-state index contributed by atoms with van der Waals surface area (Å²) in [5.74, 6) is 0.411. The normalized spacial score (nSPS) is 27.0. The Morgan fingerprint density at radius 2 is 2.31 bits per heavy atom. The summed E-state index contributed by atoms with van der Waals surface area (Å²) in [5, 5.41) is 12.6. The van der Waals surface area contributed by atoms with Crippen LogP contribution in [-0.2, 0) is 17.6 Å². The van der Waals surface area contributed by atoms with Crippen molar-refractivity contribution in [1.82, 2.24) is 5.32 Å². The first kappa shape index (κ1) is 17.4. The van der Waals surface area contributed by atoms with E-state index in [2.05, 4.69) is 29.7 Å². The fourth-order valence-corrected chi connectivity index (χ4v) is 5.47. The standard InChI is InChI=1S/C21H21FN2OS/c1-26(25)13-14-4-2-8-21-11-15-10-16(22)6-7-17(15)18(5-3-9-23)19(21)12-24-20(14)21/h2,4,6-7,10,12,18,24H,3,5,8,11,13H2,1H3. The number of hydrogen-bond acceptors (Lipinski definition) is 3. The van der Waals surface area contributed by atoms with E-state index < -0.39 is 11.2 Å². The quantitative estimate of drug-likeness (QED) is 0.822. The van der Waals surface area contributed by atoms with Crippen LogP contribution in [0, 0.1) is 22.6 Å². The van der Waals surface area contributed by atoms with Crippen molar-refractivity contribution < 1.29 is 8.94 Å². The lowest BCUT2D eigenvalue weighted by molar-refractivity contribution is 0.376. The van der Waals surface area contributed by atoms with Crippen LogP contribution in [0.4, 0.5) is 4.39 Å². The van der Waals surface area contributed by atoms with Crippen LogP contribution < -0.4 is 5.32 Å². The van der Waals surface area contributed by atoms with Crippen LogP contribution in [0.1, 0.15) is 36.3 Å². The summed E-state index contributed by atoms with van der Waals surface area (Å²) < 4.78 is 25.8. The van der Waals surface area contributed by atoms with E-state index >= 15 is 0 Å². The molecule has 0 fully saturated rings. The van der Waals surface area contributed by atoms with Crippen LogP contribution in [0.25, 0.3) is 0 Å². The Hall–Kier alpha value is -2.03. The highest BCUT2D eigenvalue weighted by atomic mass is 32.2. The molecule has 0 amide bonds. The molecule has 0 saturated heterocycles. The van der Waals surface area contributed by atoms with E-state index in [1.165, 1.54) is 11.6 Å². The highest BCUT2D eigenvalue weighted by Crippen LogP contribution is 2.57. The molecule has 1 spiro atoms. The van der Waals surface area contributed by atoms with Gasteiger partial charge in [-0.15, -0.1) is 0 Å². The second-order valence-electron chi connectivity index (χ2n) is 7.32. The molecule has 3 unspecified atom stereocenters. The molecular formula is C21H21FN2OS. The Labute approximate surface area is 156 Å². The lowest BCUT2D eigenvalue weighted by Crippen LogP contribution is -2.37. The van der Waals surface area contributed by atoms with Crippen LogP contribution in [0.5, 0.6) is 0 Å². The number of allylic oxidation sites excluding steroid dienone is 3. The molecule has 5 heteroatoms. The van der Waals surface area contributed by atoms with Gasteiger partial charge in [0.2, 0.25) is 0 Å². The van der Waals surface area contributed by atoms with Gasteiger partial charge in [-0.25, -0.2) is 4.39 Å². The molecule has 26 heavy (non-hydrogen) atoms.